The average molecular weight is 231 g/mol. The van der Waals surface area contributed by atoms with Crippen LogP contribution in [0.4, 0.5) is 0 Å². The quantitative estimate of drug-likeness (QED) is 0.857. The van der Waals surface area contributed by atoms with Gasteiger partial charge in [0.25, 0.3) is 0 Å². The largest absolute Gasteiger partial charge is 0.478 e. The summed E-state index contributed by atoms with van der Waals surface area (Å²) in [5, 5.41) is 13.2. The van der Waals surface area contributed by atoms with Crippen LogP contribution in [0.15, 0.2) is 18.2 Å². The standard InChI is InChI=1S/C12H13N3O2/c1-7-6-8(2)15(14-7)11-5-4-10(12(16)17)9(3)13-11/h4-6H,1-3H3,(H,16,17). The highest BCUT2D eigenvalue weighted by Gasteiger charge is 2.11. The van der Waals surface area contributed by atoms with Crippen LogP contribution in [0.1, 0.15) is 27.4 Å². The molecule has 88 valence electrons. The zero-order valence-electron chi connectivity index (χ0n) is 9.93. The molecule has 17 heavy (non-hydrogen) atoms. The smallest absolute Gasteiger partial charge is 0.337 e. The van der Waals surface area contributed by atoms with Gasteiger partial charge in [-0.15, -0.1) is 0 Å². The Kier molecular flexibility index (Phi) is 2.67. The van der Waals surface area contributed by atoms with E-state index < -0.39 is 5.97 Å². The molecule has 0 aliphatic carbocycles. The maximum Gasteiger partial charge on any atom is 0.337 e. The summed E-state index contributed by atoms with van der Waals surface area (Å²) in [7, 11) is 0. The van der Waals surface area contributed by atoms with Gasteiger partial charge in [-0.3, -0.25) is 0 Å². The molecular weight excluding hydrogens is 218 g/mol. The minimum absolute atomic E-state index is 0.218. The molecule has 0 unspecified atom stereocenters. The van der Waals surface area contributed by atoms with Crippen LogP contribution in [-0.2, 0) is 0 Å². The van der Waals surface area contributed by atoms with Crippen LogP contribution in [-0.4, -0.2) is 25.8 Å². The van der Waals surface area contributed by atoms with Gasteiger partial charge in [0.15, 0.2) is 5.82 Å². The number of rotatable bonds is 2. The molecule has 2 aromatic heterocycles. The number of aromatic carboxylic acids is 1. The maximum atomic E-state index is 10.9. The topological polar surface area (TPSA) is 68.0 Å². The molecule has 0 saturated carbocycles. The fourth-order valence-electron chi connectivity index (χ4n) is 1.75. The summed E-state index contributed by atoms with van der Waals surface area (Å²) in [5.74, 6) is -0.326. The zero-order chi connectivity index (χ0) is 12.6. The molecule has 0 radical (unpaired) electrons. The van der Waals surface area contributed by atoms with E-state index >= 15 is 0 Å². The Morgan fingerprint density at radius 3 is 2.47 bits per heavy atom. The highest BCUT2D eigenvalue weighted by molar-refractivity contribution is 5.88. The maximum absolute atomic E-state index is 10.9. The van der Waals surface area contributed by atoms with Crippen molar-refractivity contribution in [2.24, 2.45) is 0 Å². The molecule has 0 saturated heterocycles. The molecule has 0 bridgehead atoms. The van der Waals surface area contributed by atoms with Gasteiger partial charge in [0.05, 0.1) is 17.0 Å². The summed E-state index contributed by atoms with van der Waals surface area (Å²) >= 11 is 0. The van der Waals surface area contributed by atoms with E-state index in [0.29, 0.717) is 11.5 Å². The van der Waals surface area contributed by atoms with Crippen LogP contribution < -0.4 is 0 Å². The van der Waals surface area contributed by atoms with Crippen LogP contribution in [0.25, 0.3) is 5.82 Å². The predicted octanol–water partition coefficient (Wildman–Crippen LogP) is 1.89. The third kappa shape index (κ3) is 2.04. The van der Waals surface area contributed by atoms with Crippen molar-refractivity contribution in [3.05, 3.63) is 40.8 Å². The number of carboxylic acids is 1. The van der Waals surface area contributed by atoms with Crippen molar-refractivity contribution >= 4 is 5.97 Å². The first-order valence-corrected chi connectivity index (χ1v) is 5.23. The highest BCUT2D eigenvalue weighted by Crippen LogP contribution is 2.13. The van der Waals surface area contributed by atoms with E-state index in [4.69, 9.17) is 5.11 Å². The van der Waals surface area contributed by atoms with Crippen molar-refractivity contribution in [1.29, 1.82) is 0 Å². The third-order valence-electron chi connectivity index (χ3n) is 2.53. The fraction of sp³-hybridized carbons (Fsp3) is 0.250. The molecule has 0 fully saturated rings. The van der Waals surface area contributed by atoms with E-state index in [-0.39, 0.29) is 5.56 Å². The number of hydrogen-bond donors (Lipinski definition) is 1. The van der Waals surface area contributed by atoms with Crippen molar-refractivity contribution in [2.75, 3.05) is 0 Å². The van der Waals surface area contributed by atoms with Crippen molar-refractivity contribution in [2.45, 2.75) is 20.8 Å². The molecule has 0 spiro atoms. The lowest BCUT2D eigenvalue weighted by Crippen LogP contribution is -2.07. The second kappa shape index (κ2) is 4.01. The summed E-state index contributed by atoms with van der Waals surface area (Å²) < 4.78 is 1.70. The van der Waals surface area contributed by atoms with Gasteiger partial charge in [-0.25, -0.2) is 14.5 Å². The van der Waals surface area contributed by atoms with Crippen molar-refractivity contribution < 1.29 is 9.90 Å². The molecule has 1 N–H and O–H groups in total. The summed E-state index contributed by atoms with van der Waals surface area (Å²) in [5.41, 5.74) is 2.58. The predicted molar refractivity (Wildman–Crippen MR) is 62.5 cm³/mol. The molecule has 5 heteroatoms. The van der Waals surface area contributed by atoms with Gasteiger partial charge >= 0.3 is 5.97 Å². The normalized spacial score (nSPS) is 10.5. The van der Waals surface area contributed by atoms with Gasteiger partial charge in [-0.05, 0) is 39.0 Å². The first kappa shape index (κ1) is 11.3. The van der Waals surface area contributed by atoms with E-state index in [0.717, 1.165) is 11.4 Å². The van der Waals surface area contributed by atoms with Crippen molar-refractivity contribution in [1.82, 2.24) is 14.8 Å². The lowest BCUT2D eigenvalue weighted by molar-refractivity contribution is 0.0695. The molecule has 2 rings (SSSR count). The highest BCUT2D eigenvalue weighted by atomic mass is 16.4. The number of aromatic nitrogens is 3. The Bertz CT molecular complexity index is 587. The van der Waals surface area contributed by atoms with Gasteiger partial charge in [-0.2, -0.15) is 5.10 Å². The van der Waals surface area contributed by atoms with Crippen LogP contribution in [0.5, 0.6) is 0 Å². The van der Waals surface area contributed by atoms with Crippen LogP contribution in [0.3, 0.4) is 0 Å². The average Bonchev–Trinajstić information content (AvgIpc) is 2.57. The SMILES string of the molecule is Cc1cc(C)n(-c2ccc(C(=O)O)c(C)n2)n1. The summed E-state index contributed by atoms with van der Waals surface area (Å²) in [6.07, 6.45) is 0. The monoisotopic (exact) mass is 231 g/mol. The molecule has 0 atom stereocenters. The second-order valence-electron chi connectivity index (χ2n) is 3.95. The minimum Gasteiger partial charge on any atom is -0.478 e. The molecule has 0 aromatic carbocycles. The van der Waals surface area contributed by atoms with Crippen LogP contribution in [0, 0.1) is 20.8 Å². The molecule has 5 nitrogen and oxygen atoms in total. The van der Waals surface area contributed by atoms with E-state index in [9.17, 15) is 4.79 Å². The van der Waals surface area contributed by atoms with Crippen LogP contribution >= 0.6 is 0 Å². The molecule has 2 aromatic rings. The van der Waals surface area contributed by atoms with Gasteiger partial charge < -0.3 is 5.11 Å². The van der Waals surface area contributed by atoms with E-state index in [1.165, 1.54) is 0 Å². The third-order valence-corrected chi connectivity index (χ3v) is 2.53. The number of aryl methyl sites for hydroxylation is 3. The lowest BCUT2D eigenvalue weighted by Gasteiger charge is -2.06. The lowest BCUT2D eigenvalue weighted by atomic mass is 10.2. The van der Waals surface area contributed by atoms with Gasteiger partial charge in [-0.1, -0.05) is 0 Å². The minimum atomic E-state index is -0.963. The zero-order valence-corrected chi connectivity index (χ0v) is 9.93. The Morgan fingerprint density at radius 2 is 2.00 bits per heavy atom. The number of carbonyl (C=O) groups is 1. The summed E-state index contributed by atoms with van der Waals surface area (Å²) in [4.78, 5) is 15.1. The Balaban J connectivity index is 2.51. The molecular formula is C12H13N3O2. The number of nitrogens with zero attached hydrogens (tertiary/aromatic N) is 3. The number of hydrogen-bond acceptors (Lipinski definition) is 3. The number of pyridine rings is 1. The van der Waals surface area contributed by atoms with Crippen molar-refractivity contribution in [3.63, 3.8) is 0 Å². The Morgan fingerprint density at radius 1 is 1.29 bits per heavy atom. The Labute approximate surface area is 98.7 Å². The van der Waals surface area contributed by atoms with Crippen molar-refractivity contribution in [3.8, 4) is 5.82 Å². The first-order valence-electron chi connectivity index (χ1n) is 5.23. The van der Waals surface area contributed by atoms with Crippen LogP contribution in [0.2, 0.25) is 0 Å². The van der Waals surface area contributed by atoms with E-state index in [1.54, 1.807) is 23.7 Å². The fourth-order valence-corrected chi connectivity index (χ4v) is 1.75. The van der Waals surface area contributed by atoms with Gasteiger partial charge in [0, 0.05) is 5.69 Å². The molecule has 2 heterocycles. The second-order valence-corrected chi connectivity index (χ2v) is 3.95. The molecule has 0 amide bonds. The summed E-state index contributed by atoms with van der Waals surface area (Å²) in [6, 6.07) is 5.16. The van der Waals surface area contributed by atoms with Gasteiger partial charge in [0.2, 0.25) is 0 Å². The number of carboxylic acid groups (broad SMARTS) is 1. The van der Waals surface area contributed by atoms with E-state index in [2.05, 4.69) is 10.1 Å². The first-order chi connectivity index (χ1) is 7.99. The Hall–Kier alpha value is -2.17. The molecule has 0 aliphatic heterocycles. The van der Waals surface area contributed by atoms with Gasteiger partial charge in [0.1, 0.15) is 0 Å². The summed E-state index contributed by atoms with van der Waals surface area (Å²) in [6.45, 7) is 5.52. The van der Waals surface area contributed by atoms with E-state index in [1.807, 2.05) is 19.9 Å². The molecule has 0 aliphatic rings.